The number of ether oxygens (including phenoxy) is 2. The molecule has 0 saturated heterocycles. The van der Waals surface area contributed by atoms with Gasteiger partial charge in [0.1, 0.15) is 18.1 Å². The molecule has 0 aliphatic rings. The molecule has 0 fully saturated rings. The summed E-state index contributed by atoms with van der Waals surface area (Å²) < 4.78 is 13.2. The van der Waals surface area contributed by atoms with Crippen LogP contribution in [0.4, 0.5) is 0 Å². The molecule has 2 N–H and O–H groups in total. The topological polar surface area (TPSA) is 62.3 Å². The highest BCUT2D eigenvalue weighted by atomic mass is 16.5. The predicted octanol–water partition coefficient (Wildman–Crippen LogP) is 2.51. The lowest BCUT2D eigenvalue weighted by atomic mass is 10.1. The average molecular weight is 275 g/mol. The Labute approximate surface area is 119 Å². The number of aryl methyl sites for hydroxylation is 1. The lowest BCUT2D eigenvalue weighted by molar-refractivity contribution is 0.289. The summed E-state index contributed by atoms with van der Waals surface area (Å²) in [5.41, 5.74) is 7.97. The van der Waals surface area contributed by atoms with E-state index in [2.05, 4.69) is 11.9 Å². The fourth-order valence-corrected chi connectivity index (χ4v) is 2.05. The third kappa shape index (κ3) is 3.11. The van der Waals surface area contributed by atoms with Gasteiger partial charge in [-0.2, -0.15) is 0 Å². The van der Waals surface area contributed by atoms with Crippen molar-refractivity contribution in [2.45, 2.75) is 33.0 Å². The molecule has 5 nitrogen and oxygen atoms in total. The van der Waals surface area contributed by atoms with E-state index in [0.29, 0.717) is 6.61 Å². The van der Waals surface area contributed by atoms with Gasteiger partial charge >= 0.3 is 0 Å². The number of nitrogens with two attached hydrogens (primary N) is 1. The first-order chi connectivity index (χ1) is 9.65. The minimum Gasteiger partial charge on any atom is -0.497 e. The molecular weight excluding hydrogens is 254 g/mol. The Balaban J connectivity index is 2.19. The van der Waals surface area contributed by atoms with E-state index in [1.54, 1.807) is 13.4 Å². The predicted molar refractivity (Wildman–Crippen MR) is 77.8 cm³/mol. The summed E-state index contributed by atoms with van der Waals surface area (Å²) in [6.45, 7) is 5.34. The maximum Gasteiger partial charge on any atom is 0.130 e. The van der Waals surface area contributed by atoms with Crippen LogP contribution in [0.1, 0.15) is 31.1 Å². The molecular formula is C15H21N3O2. The van der Waals surface area contributed by atoms with Crippen LogP contribution in [-0.2, 0) is 13.2 Å². The molecule has 2 rings (SSSR count). The number of hydrogen-bond donors (Lipinski definition) is 1. The molecule has 20 heavy (non-hydrogen) atoms. The SMILES string of the molecule is CCn1cncc1COc1cc(OC)ccc1[C@@H](C)N. The third-order valence-corrected chi connectivity index (χ3v) is 3.23. The number of methoxy groups -OCH3 is 1. The van der Waals surface area contributed by atoms with Crippen LogP contribution in [0.2, 0.25) is 0 Å². The molecule has 0 radical (unpaired) electrons. The van der Waals surface area contributed by atoms with Gasteiger partial charge in [-0.1, -0.05) is 6.07 Å². The van der Waals surface area contributed by atoms with Crippen molar-refractivity contribution >= 4 is 0 Å². The molecule has 108 valence electrons. The maximum absolute atomic E-state index is 5.97. The zero-order chi connectivity index (χ0) is 14.5. The zero-order valence-corrected chi connectivity index (χ0v) is 12.2. The molecule has 1 atom stereocenters. The van der Waals surface area contributed by atoms with E-state index in [1.807, 2.05) is 35.9 Å². The van der Waals surface area contributed by atoms with Gasteiger partial charge in [0.05, 0.1) is 25.3 Å². The smallest absolute Gasteiger partial charge is 0.130 e. The first-order valence-electron chi connectivity index (χ1n) is 6.71. The van der Waals surface area contributed by atoms with E-state index in [4.69, 9.17) is 15.2 Å². The molecule has 1 aromatic carbocycles. The van der Waals surface area contributed by atoms with E-state index in [-0.39, 0.29) is 6.04 Å². The van der Waals surface area contributed by atoms with Gasteiger partial charge < -0.3 is 19.8 Å². The molecule has 0 bridgehead atoms. The average Bonchev–Trinajstić information content (AvgIpc) is 2.91. The fraction of sp³-hybridized carbons (Fsp3) is 0.400. The Morgan fingerprint density at radius 3 is 2.85 bits per heavy atom. The number of nitrogens with zero attached hydrogens (tertiary/aromatic N) is 2. The summed E-state index contributed by atoms with van der Waals surface area (Å²) in [6.07, 6.45) is 3.62. The van der Waals surface area contributed by atoms with Crippen LogP contribution in [0, 0.1) is 0 Å². The van der Waals surface area contributed by atoms with Crippen molar-refractivity contribution in [1.29, 1.82) is 0 Å². The summed E-state index contributed by atoms with van der Waals surface area (Å²) in [4.78, 5) is 4.13. The van der Waals surface area contributed by atoms with Gasteiger partial charge in [0.15, 0.2) is 0 Å². The highest BCUT2D eigenvalue weighted by molar-refractivity contribution is 5.42. The Bertz CT molecular complexity index is 564. The van der Waals surface area contributed by atoms with Crippen LogP contribution in [-0.4, -0.2) is 16.7 Å². The highest BCUT2D eigenvalue weighted by Crippen LogP contribution is 2.29. The summed E-state index contributed by atoms with van der Waals surface area (Å²) in [7, 11) is 1.64. The van der Waals surface area contributed by atoms with Crippen molar-refractivity contribution in [3.8, 4) is 11.5 Å². The Morgan fingerprint density at radius 1 is 1.40 bits per heavy atom. The minimum absolute atomic E-state index is 0.0907. The van der Waals surface area contributed by atoms with Crippen LogP contribution >= 0.6 is 0 Å². The van der Waals surface area contributed by atoms with Crippen molar-refractivity contribution in [2.24, 2.45) is 5.73 Å². The molecule has 0 unspecified atom stereocenters. The van der Waals surface area contributed by atoms with E-state index < -0.39 is 0 Å². The number of imidazole rings is 1. The van der Waals surface area contributed by atoms with Gasteiger partial charge in [-0.15, -0.1) is 0 Å². The Hall–Kier alpha value is -2.01. The molecule has 0 aliphatic carbocycles. The number of hydrogen-bond acceptors (Lipinski definition) is 4. The van der Waals surface area contributed by atoms with Crippen LogP contribution in [0.5, 0.6) is 11.5 Å². The largest absolute Gasteiger partial charge is 0.497 e. The van der Waals surface area contributed by atoms with Crippen molar-refractivity contribution in [3.05, 3.63) is 42.0 Å². The molecule has 1 heterocycles. The van der Waals surface area contributed by atoms with E-state index in [9.17, 15) is 0 Å². The van der Waals surface area contributed by atoms with Gasteiger partial charge in [-0.05, 0) is 19.9 Å². The second-order valence-electron chi connectivity index (χ2n) is 4.65. The summed E-state index contributed by atoms with van der Waals surface area (Å²) in [6, 6.07) is 5.61. The summed E-state index contributed by atoms with van der Waals surface area (Å²) in [5.74, 6) is 1.51. The number of rotatable bonds is 6. The Kier molecular flexibility index (Phi) is 4.63. The van der Waals surface area contributed by atoms with E-state index >= 15 is 0 Å². The molecule has 2 aromatic rings. The third-order valence-electron chi connectivity index (χ3n) is 3.23. The van der Waals surface area contributed by atoms with Gasteiger partial charge in [-0.25, -0.2) is 4.98 Å². The first kappa shape index (κ1) is 14.4. The molecule has 0 amide bonds. The number of benzene rings is 1. The lowest BCUT2D eigenvalue weighted by Gasteiger charge is -2.15. The van der Waals surface area contributed by atoms with Gasteiger partial charge in [-0.3, -0.25) is 0 Å². The molecule has 0 spiro atoms. The Morgan fingerprint density at radius 2 is 2.20 bits per heavy atom. The summed E-state index contributed by atoms with van der Waals surface area (Å²) >= 11 is 0. The van der Waals surface area contributed by atoms with Crippen molar-refractivity contribution < 1.29 is 9.47 Å². The first-order valence-corrected chi connectivity index (χ1v) is 6.71. The fourth-order valence-electron chi connectivity index (χ4n) is 2.05. The second kappa shape index (κ2) is 6.43. The van der Waals surface area contributed by atoms with Gasteiger partial charge in [0.25, 0.3) is 0 Å². The normalized spacial score (nSPS) is 12.2. The van der Waals surface area contributed by atoms with Crippen LogP contribution in [0.25, 0.3) is 0 Å². The summed E-state index contributed by atoms with van der Waals surface area (Å²) in [5, 5.41) is 0. The van der Waals surface area contributed by atoms with Crippen molar-refractivity contribution in [3.63, 3.8) is 0 Å². The molecule has 5 heteroatoms. The van der Waals surface area contributed by atoms with E-state index in [1.165, 1.54) is 0 Å². The lowest BCUT2D eigenvalue weighted by Crippen LogP contribution is -2.09. The quantitative estimate of drug-likeness (QED) is 0.880. The minimum atomic E-state index is -0.0907. The molecule has 0 aliphatic heterocycles. The van der Waals surface area contributed by atoms with Crippen LogP contribution in [0.3, 0.4) is 0 Å². The highest BCUT2D eigenvalue weighted by Gasteiger charge is 2.11. The monoisotopic (exact) mass is 275 g/mol. The van der Waals surface area contributed by atoms with Crippen molar-refractivity contribution in [1.82, 2.24) is 9.55 Å². The number of aromatic nitrogens is 2. The second-order valence-corrected chi connectivity index (χ2v) is 4.65. The van der Waals surface area contributed by atoms with Crippen LogP contribution in [0.15, 0.2) is 30.7 Å². The van der Waals surface area contributed by atoms with Gasteiger partial charge in [0.2, 0.25) is 0 Å². The van der Waals surface area contributed by atoms with E-state index in [0.717, 1.165) is 29.3 Å². The molecule has 0 saturated carbocycles. The van der Waals surface area contributed by atoms with Crippen LogP contribution < -0.4 is 15.2 Å². The zero-order valence-electron chi connectivity index (χ0n) is 12.2. The molecule has 1 aromatic heterocycles. The van der Waals surface area contributed by atoms with Gasteiger partial charge in [0, 0.05) is 24.2 Å². The standard InChI is InChI=1S/C15H21N3O2/c1-4-18-10-17-8-12(18)9-20-15-7-13(19-3)5-6-14(15)11(2)16/h5-8,10-11H,4,9,16H2,1-3H3/t11-/m1/s1. The maximum atomic E-state index is 5.97. The van der Waals surface area contributed by atoms with Crippen molar-refractivity contribution in [2.75, 3.05) is 7.11 Å².